The van der Waals surface area contributed by atoms with Crippen LogP contribution >= 0.6 is 0 Å². The van der Waals surface area contributed by atoms with Crippen LogP contribution in [0.3, 0.4) is 0 Å². The number of hydrogen-bond donors (Lipinski definition) is 3. The number of amides is 2. The highest BCUT2D eigenvalue weighted by atomic mass is 16.7. The van der Waals surface area contributed by atoms with E-state index in [1.165, 1.54) is 12.0 Å². The van der Waals surface area contributed by atoms with Gasteiger partial charge in [0.2, 0.25) is 5.91 Å². The lowest BCUT2D eigenvalue weighted by Crippen LogP contribution is -2.62. The largest absolute Gasteiger partial charge is 0.394 e. The first-order valence-corrected chi connectivity index (χ1v) is 19.0. The van der Waals surface area contributed by atoms with Crippen molar-refractivity contribution in [1.29, 1.82) is 0 Å². The Bertz CT molecular complexity index is 1680. The van der Waals surface area contributed by atoms with E-state index in [-0.39, 0.29) is 30.5 Å². The first kappa shape index (κ1) is 38.1. The van der Waals surface area contributed by atoms with Crippen molar-refractivity contribution in [1.82, 2.24) is 20.2 Å². The Morgan fingerprint density at radius 1 is 0.962 bits per heavy atom. The first-order valence-electron chi connectivity index (χ1n) is 19.0. The molecule has 1 heterocycles. The van der Waals surface area contributed by atoms with Crippen LogP contribution in [0.2, 0.25) is 0 Å². The van der Waals surface area contributed by atoms with Crippen molar-refractivity contribution in [2.45, 2.75) is 83.8 Å². The fourth-order valence-corrected chi connectivity index (χ4v) is 9.32. The van der Waals surface area contributed by atoms with Crippen LogP contribution in [0.15, 0.2) is 78.9 Å². The minimum Gasteiger partial charge on any atom is -0.394 e. The monoisotopic (exact) mass is 710 g/mol. The molecular weight excluding hydrogens is 652 g/mol. The van der Waals surface area contributed by atoms with E-state index in [0.29, 0.717) is 35.3 Å². The second-order valence-electron chi connectivity index (χ2n) is 16.5. The second-order valence-corrected chi connectivity index (χ2v) is 16.5. The first-order chi connectivity index (χ1) is 24.8. The summed E-state index contributed by atoms with van der Waals surface area (Å²) in [6.07, 6.45) is 1.41. The van der Waals surface area contributed by atoms with Gasteiger partial charge in [-0.1, -0.05) is 81.4 Å². The molecule has 3 saturated carbocycles. The van der Waals surface area contributed by atoms with Gasteiger partial charge < -0.3 is 25.3 Å². The SMILES string of the molecule is C[C@@H]1[C@@H](NC(=O)[C@@H]2[C@H]([C@H](C)O)[C@H](CO)ON2Cc2cccc(-c3ccc(C(=O)N(C)[C@@H](Cc4ccccc4)CN(C)C)cc3)c2)C[C@H]2C[C@@H]1C2(C)C. The number of rotatable bonds is 13. The van der Waals surface area contributed by atoms with Gasteiger partial charge in [0.1, 0.15) is 12.1 Å². The fraction of sp³-hybridized carbons (Fsp3) is 0.535. The number of aliphatic hydroxyl groups excluding tert-OH is 2. The number of carbonyl (C=O) groups excluding carboxylic acids is 2. The fourth-order valence-electron chi connectivity index (χ4n) is 9.32. The van der Waals surface area contributed by atoms with Crippen molar-refractivity contribution >= 4 is 11.8 Å². The van der Waals surface area contributed by atoms with Crippen molar-refractivity contribution in [3.05, 3.63) is 95.6 Å². The lowest BCUT2D eigenvalue weighted by molar-refractivity contribution is -0.183. The molecule has 2 amide bonds. The van der Waals surface area contributed by atoms with Crippen LogP contribution in [-0.4, -0.2) is 102 Å². The third-order valence-electron chi connectivity index (χ3n) is 12.6. The van der Waals surface area contributed by atoms with Gasteiger partial charge in [-0.25, -0.2) is 0 Å². The van der Waals surface area contributed by atoms with Crippen LogP contribution in [0.5, 0.6) is 0 Å². The molecule has 0 spiro atoms. The molecule has 3 N–H and O–H groups in total. The molecule has 7 rings (SSSR count). The summed E-state index contributed by atoms with van der Waals surface area (Å²) < 4.78 is 0. The summed E-state index contributed by atoms with van der Waals surface area (Å²) in [7, 11) is 5.94. The van der Waals surface area contributed by atoms with Gasteiger partial charge in [0.05, 0.1) is 19.3 Å². The number of benzene rings is 3. The summed E-state index contributed by atoms with van der Waals surface area (Å²) in [6.45, 7) is 9.37. The molecule has 3 aromatic rings. The number of nitrogens with zero attached hydrogens (tertiary/aromatic N) is 3. The quantitative estimate of drug-likeness (QED) is 0.223. The van der Waals surface area contributed by atoms with Crippen LogP contribution in [0, 0.1) is 29.1 Å². The molecular formula is C43H58N4O5. The standard InChI is InChI=1S/C43H58N4O5/c1-27-36-22-34(43(36,3)4)23-37(27)44-41(50)40-39(28(2)49)38(26-48)52-47(40)24-30-14-11-15-33(20-30)31-16-18-32(19-17-31)42(51)46(7)35(25-45(5)6)21-29-12-9-8-10-13-29/h8-20,27-28,34-40,48-49H,21-26H2,1-7H3,(H,44,50)/t27-,28-,34+,35-,36-,37-,38-,39+,40-/m0/s1. The van der Waals surface area contributed by atoms with Crippen molar-refractivity contribution in [3.63, 3.8) is 0 Å². The lowest BCUT2D eigenvalue weighted by atomic mass is 9.45. The van der Waals surface area contributed by atoms with Crippen LogP contribution < -0.4 is 5.32 Å². The third-order valence-corrected chi connectivity index (χ3v) is 12.6. The average molecular weight is 711 g/mol. The zero-order chi connectivity index (χ0) is 37.3. The zero-order valence-corrected chi connectivity index (χ0v) is 31.9. The Labute approximate surface area is 309 Å². The molecule has 4 fully saturated rings. The molecule has 9 nitrogen and oxygen atoms in total. The smallest absolute Gasteiger partial charge is 0.253 e. The average Bonchev–Trinajstić information content (AvgIpc) is 3.50. The number of carbonyl (C=O) groups is 2. The van der Waals surface area contributed by atoms with Gasteiger partial charge in [0.25, 0.3) is 5.91 Å². The summed E-state index contributed by atoms with van der Waals surface area (Å²) in [5, 5.41) is 26.1. The van der Waals surface area contributed by atoms with E-state index in [2.05, 4.69) is 49.2 Å². The number of aliphatic hydroxyl groups is 2. The molecule has 52 heavy (non-hydrogen) atoms. The Hall–Kier alpha value is -3.60. The number of nitrogens with one attached hydrogen (secondary N) is 1. The zero-order valence-electron chi connectivity index (χ0n) is 31.9. The van der Waals surface area contributed by atoms with Gasteiger partial charge in [0, 0.05) is 37.2 Å². The molecule has 1 saturated heterocycles. The van der Waals surface area contributed by atoms with E-state index in [9.17, 15) is 19.8 Å². The van der Waals surface area contributed by atoms with Gasteiger partial charge in [-0.3, -0.25) is 14.4 Å². The van der Waals surface area contributed by atoms with E-state index in [1.807, 2.05) is 86.7 Å². The van der Waals surface area contributed by atoms with E-state index < -0.39 is 24.2 Å². The van der Waals surface area contributed by atoms with Gasteiger partial charge in [0.15, 0.2) is 0 Å². The van der Waals surface area contributed by atoms with E-state index in [1.54, 1.807) is 12.0 Å². The van der Waals surface area contributed by atoms with Crippen molar-refractivity contribution in [2.24, 2.45) is 29.1 Å². The van der Waals surface area contributed by atoms with Gasteiger partial charge in [-0.2, -0.15) is 5.06 Å². The number of fused-ring (bicyclic) bond motifs is 2. The van der Waals surface area contributed by atoms with Gasteiger partial charge in [-0.15, -0.1) is 0 Å². The van der Waals surface area contributed by atoms with Crippen molar-refractivity contribution < 1.29 is 24.6 Å². The van der Waals surface area contributed by atoms with Crippen LogP contribution in [0.25, 0.3) is 11.1 Å². The summed E-state index contributed by atoms with van der Waals surface area (Å²) in [5.41, 5.74) is 5.01. The number of hydrogen-bond acceptors (Lipinski definition) is 7. The molecule has 280 valence electrons. The highest BCUT2D eigenvalue weighted by Crippen LogP contribution is 2.61. The number of hydroxylamine groups is 2. The normalized spacial score (nSPS) is 27.8. The van der Waals surface area contributed by atoms with Crippen LogP contribution in [0.1, 0.15) is 62.0 Å². The molecule has 0 radical (unpaired) electrons. The van der Waals surface area contributed by atoms with Gasteiger partial charge in [-0.05, 0) is 104 Å². The molecule has 2 bridgehead atoms. The third kappa shape index (κ3) is 7.85. The molecule has 9 atom stereocenters. The predicted molar refractivity (Wildman–Crippen MR) is 204 cm³/mol. The Kier molecular flexibility index (Phi) is 11.6. The maximum Gasteiger partial charge on any atom is 0.253 e. The van der Waals surface area contributed by atoms with E-state index >= 15 is 0 Å². The topological polar surface area (TPSA) is 106 Å². The maximum absolute atomic E-state index is 14.1. The molecule has 4 aliphatic rings. The molecule has 3 aromatic carbocycles. The summed E-state index contributed by atoms with van der Waals surface area (Å²) in [5.74, 6) is 0.796. The summed E-state index contributed by atoms with van der Waals surface area (Å²) in [4.78, 5) is 37.9. The molecule has 0 unspecified atom stereocenters. The molecule has 1 aliphatic heterocycles. The molecule has 0 aromatic heterocycles. The Morgan fingerprint density at radius 2 is 1.65 bits per heavy atom. The minimum atomic E-state index is -0.850. The minimum absolute atomic E-state index is 0.0163. The van der Waals surface area contributed by atoms with E-state index in [0.717, 1.165) is 36.1 Å². The Balaban J connectivity index is 1.16. The van der Waals surface area contributed by atoms with Crippen molar-refractivity contribution in [3.8, 4) is 11.1 Å². The second kappa shape index (κ2) is 15.8. The molecule has 9 heteroatoms. The van der Waals surface area contributed by atoms with Crippen molar-refractivity contribution in [2.75, 3.05) is 34.3 Å². The van der Waals surface area contributed by atoms with Crippen LogP contribution in [-0.2, 0) is 22.6 Å². The lowest BCUT2D eigenvalue weighted by Gasteiger charge is -2.62. The summed E-state index contributed by atoms with van der Waals surface area (Å²) in [6, 6.07) is 25.4. The molecule has 3 aliphatic carbocycles. The Morgan fingerprint density at radius 3 is 2.27 bits per heavy atom. The highest BCUT2D eigenvalue weighted by Gasteiger charge is 2.57. The number of likely N-dealkylation sites (N-methyl/N-ethyl adjacent to an activating group) is 2. The predicted octanol–water partition coefficient (Wildman–Crippen LogP) is 5.26. The van der Waals surface area contributed by atoms with Gasteiger partial charge >= 0.3 is 0 Å². The van der Waals surface area contributed by atoms with E-state index in [4.69, 9.17) is 4.84 Å². The highest BCUT2D eigenvalue weighted by molar-refractivity contribution is 5.94. The van der Waals surface area contributed by atoms with Crippen LogP contribution in [0.4, 0.5) is 0 Å². The summed E-state index contributed by atoms with van der Waals surface area (Å²) >= 11 is 0. The maximum atomic E-state index is 14.1.